The van der Waals surface area contributed by atoms with Crippen LogP contribution in [-0.2, 0) is 6.54 Å². The molecule has 0 atom stereocenters. The Labute approximate surface area is 117 Å². The number of thiophene rings is 1. The van der Waals surface area contributed by atoms with Crippen molar-refractivity contribution in [3.8, 4) is 0 Å². The maximum Gasteiger partial charge on any atom is 0.0636 e. The lowest BCUT2D eigenvalue weighted by atomic mass is 10.2. The Morgan fingerprint density at radius 2 is 2.00 bits per heavy atom. The van der Waals surface area contributed by atoms with Crippen LogP contribution >= 0.6 is 22.9 Å². The number of benzene rings is 1. The van der Waals surface area contributed by atoms with Crippen LogP contribution in [0.1, 0.15) is 24.1 Å². The van der Waals surface area contributed by atoms with Crippen molar-refractivity contribution in [2.45, 2.75) is 25.8 Å². The third-order valence-electron chi connectivity index (χ3n) is 2.90. The van der Waals surface area contributed by atoms with E-state index in [2.05, 4.69) is 17.4 Å². The molecular formula is C14H18ClNOS. The summed E-state index contributed by atoms with van der Waals surface area (Å²) in [5, 5.41) is 14.1. The van der Waals surface area contributed by atoms with Gasteiger partial charge < -0.3 is 10.4 Å². The van der Waals surface area contributed by atoms with Gasteiger partial charge in [0.1, 0.15) is 0 Å². The summed E-state index contributed by atoms with van der Waals surface area (Å²) in [7, 11) is 0. The Morgan fingerprint density at radius 3 is 2.78 bits per heavy atom. The number of fused-ring (bicyclic) bond motifs is 1. The number of hydrogen-bond acceptors (Lipinski definition) is 3. The molecule has 2 nitrogen and oxygen atoms in total. The number of hydrogen-bond donors (Lipinski definition) is 2. The predicted molar refractivity (Wildman–Crippen MR) is 79.5 cm³/mol. The molecule has 0 spiro atoms. The molecule has 0 bridgehead atoms. The standard InChI is InChI=1S/C14H18ClNOS/c15-14-11-6-2-3-7-12(11)18-13(14)10-16-8-4-1-5-9-17/h2-3,6-7,16-17H,1,4-5,8-10H2. The number of rotatable bonds is 7. The Morgan fingerprint density at radius 1 is 1.17 bits per heavy atom. The summed E-state index contributed by atoms with van der Waals surface area (Å²) in [5.74, 6) is 0. The molecule has 98 valence electrons. The highest BCUT2D eigenvalue weighted by Gasteiger charge is 2.08. The lowest BCUT2D eigenvalue weighted by molar-refractivity contribution is 0.283. The molecule has 4 heteroatoms. The van der Waals surface area contributed by atoms with Gasteiger partial charge in [-0.25, -0.2) is 0 Å². The highest BCUT2D eigenvalue weighted by atomic mass is 35.5. The maximum absolute atomic E-state index is 8.68. The average Bonchev–Trinajstić information content (AvgIpc) is 2.71. The molecule has 0 radical (unpaired) electrons. The molecule has 18 heavy (non-hydrogen) atoms. The van der Waals surface area contributed by atoms with Crippen molar-refractivity contribution in [1.29, 1.82) is 0 Å². The first-order chi connectivity index (χ1) is 8.83. The lowest BCUT2D eigenvalue weighted by Gasteiger charge is -2.02. The van der Waals surface area contributed by atoms with Crippen LogP contribution in [0.25, 0.3) is 10.1 Å². The second-order valence-electron chi connectivity index (χ2n) is 4.30. The second kappa shape index (κ2) is 7.10. The summed E-state index contributed by atoms with van der Waals surface area (Å²) in [4.78, 5) is 1.21. The molecule has 2 N–H and O–H groups in total. The first-order valence-electron chi connectivity index (χ1n) is 6.30. The summed E-state index contributed by atoms with van der Waals surface area (Å²) in [5.41, 5.74) is 0. The fourth-order valence-electron chi connectivity index (χ4n) is 1.92. The number of nitrogens with one attached hydrogen (secondary N) is 1. The van der Waals surface area contributed by atoms with Crippen LogP contribution in [0.4, 0.5) is 0 Å². The number of unbranched alkanes of at least 4 members (excludes halogenated alkanes) is 2. The highest BCUT2D eigenvalue weighted by molar-refractivity contribution is 7.19. The van der Waals surface area contributed by atoms with Gasteiger partial charge in [-0.3, -0.25) is 0 Å². The van der Waals surface area contributed by atoms with Gasteiger partial charge >= 0.3 is 0 Å². The highest BCUT2D eigenvalue weighted by Crippen LogP contribution is 2.34. The van der Waals surface area contributed by atoms with Gasteiger partial charge in [0.2, 0.25) is 0 Å². The largest absolute Gasteiger partial charge is 0.396 e. The van der Waals surface area contributed by atoms with Crippen molar-refractivity contribution >= 4 is 33.0 Å². The van der Waals surface area contributed by atoms with E-state index < -0.39 is 0 Å². The lowest BCUT2D eigenvalue weighted by Crippen LogP contribution is -2.14. The van der Waals surface area contributed by atoms with Gasteiger partial charge in [-0.15, -0.1) is 11.3 Å². The van der Waals surface area contributed by atoms with E-state index in [0.29, 0.717) is 6.61 Å². The van der Waals surface area contributed by atoms with E-state index in [9.17, 15) is 0 Å². The Bertz CT molecular complexity index is 497. The molecule has 1 heterocycles. The average molecular weight is 284 g/mol. The molecule has 0 aliphatic heterocycles. The quantitative estimate of drug-likeness (QED) is 0.758. The van der Waals surface area contributed by atoms with Crippen molar-refractivity contribution in [2.24, 2.45) is 0 Å². The van der Waals surface area contributed by atoms with E-state index in [1.165, 1.54) is 9.58 Å². The van der Waals surface area contributed by atoms with Crippen LogP contribution in [0, 0.1) is 0 Å². The van der Waals surface area contributed by atoms with E-state index >= 15 is 0 Å². The molecule has 0 saturated heterocycles. The molecule has 0 aliphatic carbocycles. The van der Waals surface area contributed by atoms with Gasteiger partial charge in [0, 0.05) is 28.1 Å². The van der Waals surface area contributed by atoms with Crippen LogP contribution in [0.2, 0.25) is 5.02 Å². The normalized spacial score (nSPS) is 11.2. The predicted octanol–water partition coefficient (Wildman–Crippen LogP) is 3.81. The van der Waals surface area contributed by atoms with Crippen molar-refractivity contribution in [3.63, 3.8) is 0 Å². The minimum absolute atomic E-state index is 0.294. The first kappa shape index (κ1) is 13.8. The van der Waals surface area contributed by atoms with Crippen molar-refractivity contribution < 1.29 is 5.11 Å². The summed E-state index contributed by atoms with van der Waals surface area (Å²) in [6, 6.07) is 8.24. The van der Waals surface area contributed by atoms with Gasteiger partial charge in [0.25, 0.3) is 0 Å². The van der Waals surface area contributed by atoms with Gasteiger partial charge in [0.05, 0.1) is 5.02 Å². The minimum atomic E-state index is 0.294. The third kappa shape index (κ3) is 3.45. The molecule has 0 amide bonds. The van der Waals surface area contributed by atoms with Crippen molar-refractivity contribution in [3.05, 3.63) is 34.2 Å². The van der Waals surface area contributed by atoms with Crippen molar-refractivity contribution in [2.75, 3.05) is 13.2 Å². The van der Waals surface area contributed by atoms with Crippen LogP contribution in [0.3, 0.4) is 0 Å². The van der Waals surface area contributed by atoms with Gasteiger partial charge in [-0.2, -0.15) is 0 Å². The fraction of sp³-hybridized carbons (Fsp3) is 0.429. The molecule has 0 fully saturated rings. The summed E-state index contributed by atoms with van der Waals surface area (Å²) >= 11 is 8.11. The minimum Gasteiger partial charge on any atom is -0.396 e. The second-order valence-corrected chi connectivity index (χ2v) is 5.81. The molecule has 2 rings (SSSR count). The molecule has 0 unspecified atom stereocenters. The fourth-order valence-corrected chi connectivity index (χ4v) is 3.39. The summed E-state index contributed by atoms with van der Waals surface area (Å²) in [6.07, 6.45) is 3.07. The zero-order valence-electron chi connectivity index (χ0n) is 10.3. The monoisotopic (exact) mass is 283 g/mol. The van der Waals surface area contributed by atoms with Crippen LogP contribution in [-0.4, -0.2) is 18.3 Å². The van der Waals surface area contributed by atoms with E-state index in [0.717, 1.165) is 42.8 Å². The van der Waals surface area contributed by atoms with Crippen LogP contribution in [0.15, 0.2) is 24.3 Å². The number of aliphatic hydroxyl groups is 1. The number of halogens is 1. The van der Waals surface area contributed by atoms with Gasteiger partial charge in [0.15, 0.2) is 0 Å². The maximum atomic E-state index is 8.68. The van der Waals surface area contributed by atoms with E-state index in [1.807, 2.05) is 12.1 Å². The van der Waals surface area contributed by atoms with E-state index in [-0.39, 0.29) is 0 Å². The van der Waals surface area contributed by atoms with E-state index in [4.69, 9.17) is 16.7 Å². The zero-order chi connectivity index (χ0) is 12.8. The SMILES string of the molecule is OCCCCCNCc1sc2ccccc2c1Cl. The van der Waals surface area contributed by atoms with Crippen LogP contribution < -0.4 is 5.32 Å². The molecule has 0 aliphatic rings. The third-order valence-corrected chi connectivity index (χ3v) is 4.61. The van der Waals surface area contributed by atoms with Crippen molar-refractivity contribution in [1.82, 2.24) is 5.32 Å². The summed E-state index contributed by atoms with van der Waals surface area (Å²) < 4.78 is 1.25. The molecule has 2 aromatic rings. The van der Waals surface area contributed by atoms with Crippen LogP contribution in [0.5, 0.6) is 0 Å². The molecule has 1 aromatic carbocycles. The van der Waals surface area contributed by atoms with Gasteiger partial charge in [-0.05, 0) is 31.9 Å². The topological polar surface area (TPSA) is 32.3 Å². The molecule has 1 aromatic heterocycles. The Kier molecular flexibility index (Phi) is 5.45. The molecular weight excluding hydrogens is 266 g/mol. The van der Waals surface area contributed by atoms with E-state index in [1.54, 1.807) is 11.3 Å². The Balaban J connectivity index is 1.86. The Hall–Kier alpha value is -0.610. The summed E-state index contributed by atoms with van der Waals surface area (Å²) in [6.45, 7) is 2.10. The van der Waals surface area contributed by atoms with Gasteiger partial charge in [-0.1, -0.05) is 29.8 Å². The number of aliphatic hydroxyl groups excluding tert-OH is 1. The smallest absolute Gasteiger partial charge is 0.0636 e. The zero-order valence-corrected chi connectivity index (χ0v) is 11.9. The molecule has 0 saturated carbocycles. The first-order valence-corrected chi connectivity index (χ1v) is 7.50.